The molecule has 94 valence electrons. The molecule has 4 heteroatoms. The van der Waals surface area contributed by atoms with Crippen molar-refractivity contribution in [1.82, 2.24) is 9.55 Å². The zero-order valence-corrected chi connectivity index (χ0v) is 11.5. The molecule has 1 fully saturated rings. The van der Waals surface area contributed by atoms with Crippen molar-refractivity contribution in [2.45, 2.75) is 30.7 Å². The highest BCUT2D eigenvalue weighted by atomic mass is 32.2. The van der Waals surface area contributed by atoms with Gasteiger partial charge in [0.25, 0.3) is 0 Å². The minimum atomic E-state index is 0.652. The molecule has 0 radical (unpaired) electrons. The van der Waals surface area contributed by atoms with Crippen LogP contribution in [0, 0.1) is 6.92 Å². The van der Waals surface area contributed by atoms with Crippen LogP contribution in [0.2, 0.25) is 0 Å². The average Bonchev–Trinajstić information content (AvgIpc) is 3.15. The molecule has 0 aliphatic heterocycles. The molecule has 0 bridgehead atoms. The second kappa shape index (κ2) is 4.69. The molecule has 0 amide bonds. The first kappa shape index (κ1) is 11.7. The van der Waals surface area contributed by atoms with Gasteiger partial charge in [0.2, 0.25) is 5.95 Å². The summed E-state index contributed by atoms with van der Waals surface area (Å²) in [5.41, 5.74) is 2.17. The van der Waals surface area contributed by atoms with E-state index in [9.17, 15) is 0 Å². The molecule has 1 aromatic carbocycles. The van der Waals surface area contributed by atoms with E-state index in [4.69, 9.17) is 0 Å². The normalized spacial score (nSPS) is 14.8. The molecular weight excluding hydrogens is 242 g/mol. The van der Waals surface area contributed by atoms with Crippen LogP contribution in [0.5, 0.6) is 0 Å². The minimum Gasteiger partial charge on any atom is -0.326 e. The van der Waals surface area contributed by atoms with Gasteiger partial charge in [0, 0.05) is 22.8 Å². The Kier molecular flexibility index (Phi) is 3.04. The summed E-state index contributed by atoms with van der Waals surface area (Å²) in [6, 6.07) is 9.12. The summed E-state index contributed by atoms with van der Waals surface area (Å²) in [6.07, 6.45) is 6.77. The van der Waals surface area contributed by atoms with E-state index in [1.807, 2.05) is 6.92 Å². The quantitative estimate of drug-likeness (QED) is 0.842. The van der Waals surface area contributed by atoms with Gasteiger partial charge in [-0.05, 0) is 50.3 Å². The zero-order chi connectivity index (χ0) is 12.5. The molecule has 3 nitrogen and oxygen atoms in total. The smallest absolute Gasteiger partial charge is 0.207 e. The Bertz CT molecular complexity index is 541. The summed E-state index contributed by atoms with van der Waals surface area (Å²) < 4.78 is 2.26. The third kappa shape index (κ3) is 2.38. The van der Waals surface area contributed by atoms with Crippen LogP contribution in [-0.2, 0) is 0 Å². The largest absolute Gasteiger partial charge is 0.326 e. The number of nitrogens with one attached hydrogen (secondary N) is 1. The summed E-state index contributed by atoms with van der Waals surface area (Å²) in [4.78, 5) is 5.84. The topological polar surface area (TPSA) is 29.9 Å². The van der Waals surface area contributed by atoms with Gasteiger partial charge >= 0.3 is 0 Å². The van der Waals surface area contributed by atoms with Crippen molar-refractivity contribution in [3.8, 4) is 0 Å². The SMILES string of the molecule is CSc1ccc(Nc2nc(C)cn2C2CC2)cc1. The van der Waals surface area contributed by atoms with Crippen molar-refractivity contribution in [1.29, 1.82) is 0 Å². The van der Waals surface area contributed by atoms with Crippen molar-refractivity contribution in [2.24, 2.45) is 0 Å². The molecule has 1 aliphatic rings. The summed E-state index contributed by atoms with van der Waals surface area (Å²) in [5.74, 6) is 0.965. The molecule has 1 aliphatic carbocycles. The molecule has 0 atom stereocenters. The molecule has 3 rings (SSSR count). The Hall–Kier alpha value is -1.42. The maximum Gasteiger partial charge on any atom is 0.207 e. The molecule has 1 saturated carbocycles. The fourth-order valence-corrected chi connectivity index (χ4v) is 2.45. The van der Waals surface area contributed by atoms with E-state index in [0.717, 1.165) is 17.3 Å². The Morgan fingerprint density at radius 2 is 2.00 bits per heavy atom. The molecule has 0 spiro atoms. The van der Waals surface area contributed by atoms with Gasteiger partial charge in [-0.25, -0.2) is 4.98 Å². The Labute approximate surface area is 112 Å². The molecule has 1 heterocycles. The Morgan fingerprint density at radius 3 is 2.61 bits per heavy atom. The van der Waals surface area contributed by atoms with E-state index in [-0.39, 0.29) is 0 Å². The monoisotopic (exact) mass is 259 g/mol. The molecule has 0 unspecified atom stereocenters. The van der Waals surface area contributed by atoms with E-state index in [2.05, 4.69) is 51.6 Å². The number of anilines is 2. The number of imidazole rings is 1. The lowest BCUT2D eigenvalue weighted by Crippen LogP contribution is -2.00. The lowest BCUT2D eigenvalue weighted by molar-refractivity contribution is 0.750. The Morgan fingerprint density at radius 1 is 1.28 bits per heavy atom. The molecule has 18 heavy (non-hydrogen) atoms. The van der Waals surface area contributed by atoms with Crippen LogP contribution in [0.1, 0.15) is 24.6 Å². The second-order valence-corrected chi connectivity index (χ2v) is 5.58. The fraction of sp³-hybridized carbons (Fsp3) is 0.357. The van der Waals surface area contributed by atoms with Crippen LogP contribution >= 0.6 is 11.8 Å². The number of benzene rings is 1. The number of aromatic nitrogens is 2. The third-order valence-electron chi connectivity index (χ3n) is 3.14. The second-order valence-electron chi connectivity index (χ2n) is 4.70. The van der Waals surface area contributed by atoms with E-state index < -0.39 is 0 Å². The zero-order valence-electron chi connectivity index (χ0n) is 10.7. The van der Waals surface area contributed by atoms with Crippen LogP contribution in [0.4, 0.5) is 11.6 Å². The first-order valence-electron chi connectivity index (χ1n) is 6.23. The van der Waals surface area contributed by atoms with E-state index in [0.29, 0.717) is 6.04 Å². The van der Waals surface area contributed by atoms with Crippen LogP contribution in [0.25, 0.3) is 0 Å². The van der Waals surface area contributed by atoms with E-state index in [1.165, 1.54) is 17.7 Å². The van der Waals surface area contributed by atoms with Gasteiger partial charge < -0.3 is 9.88 Å². The summed E-state index contributed by atoms with van der Waals surface area (Å²) in [6.45, 7) is 2.04. The van der Waals surface area contributed by atoms with Crippen molar-refractivity contribution in [3.05, 3.63) is 36.2 Å². The van der Waals surface area contributed by atoms with Crippen molar-refractivity contribution < 1.29 is 0 Å². The maximum absolute atomic E-state index is 4.56. The van der Waals surface area contributed by atoms with Gasteiger partial charge in [-0.3, -0.25) is 0 Å². The van der Waals surface area contributed by atoms with E-state index in [1.54, 1.807) is 11.8 Å². The summed E-state index contributed by atoms with van der Waals surface area (Å²) in [7, 11) is 0. The molecule has 1 N–H and O–H groups in total. The lowest BCUT2D eigenvalue weighted by Gasteiger charge is -2.08. The summed E-state index contributed by atoms with van der Waals surface area (Å²) >= 11 is 1.76. The number of hydrogen-bond donors (Lipinski definition) is 1. The van der Waals surface area contributed by atoms with Crippen molar-refractivity contribution in [3.63, 3.8) is 0 Å². The lowest BCUT2D eigenvalue weighted by atomic mass is 10.3. The molecule has 0 saturated heterocycles. The highest BCUT2D eigenvalue weighted by Crippen LogP contribution is 2.37. The van der Waals surface area contributed by atoms with Gasteiger partial charge in [-0.15, -0.1) is 11.8 Å². The summed E-state index contributed by atoms with van der Waals surface area (Å²) in [5, 5.41) is 3.41. The van der Waals surface area contributed by atoms with Gasteiger partial charge in [-0.1, -0.05) is 0 Å². The highest BCUT2D eigenvalue weighted by molar-refractivity contribution is 7.98. The van der Waals surface area contributed by atoms with Crippen LogP contribution in [0.15, 0.2) is 35.4 Å². The Balaban J connectivity index is 1.82. The first-order valence-corrected chi connectivity index (χ1v) is 7.45. The van der Waals surface area contributed by atoms with E-state index >= 15 is 0 Å². The number of aryl methyl sites for hydroxylation is 1. The average molecular weight is 259 g/mol. The van der Waals surface area contributed by atoms with Crippen LogP contribution < -0.4 is 5.32 Å². The molecular formula is C14H17N3S. The van der Waals surface area contributed by atoms with Gasteiger partial charge in [-0.2, -0.15) is 0 Å². The van der Waals surface area contributed by atoms with Crippen LogP contribution in [0.3, 0.4) is 0 Å². The number of rotatable bonds is 4. The van der Waals surface area contributed by atoms with Gasteiger partial charge in [0.05, 0.1) is 5.69 Å². The molecule has 2 aromatic rings. The fourth-order valence-electron chi connectivity index (χ4n) is 2.04. The first-order chi connectivity index (χ1) is 8.76. The minimum absolute atomic E-state index is 0.652. The number of nitrogens with zero attached hydrogens (tertiary/aromatic N) is 2. The van der Waals surface area contributed by atoms with Gasteiger partial charge in [0.1, 0.15) is 0 Å². The predicted octanol–water partition coefficient (Wildman–Crippen LogP) is 3.99. The number of hydrogen-bond acceptors (Lipinski definition) is 3. The van der Waals surface area contributed by atoms with Gasteiger partial charge in [0.15, 0.2) is 0 Å². The van der Waals surface area contributed by atoms with Crippen molar-refractivity contribution in [2.75, 3.05) is 11.6 Å². The van der Waals surface area contributed by atoms with Crippen LogP contribution in [-0.4, -0.2) is 15.8 Å². The maximum atomic E-state index is 4.56. The predicted molar refractivity (Wildman–Crippen MR) is 76.7 cm³/mol. The van der Waals surface area contributed by atoms with Crippen molar-refractivity contribution >= 4 is 23.4 Å². The highest BCUT2D eigenvalue weighted by Gasteiger charge is 2.26. The number of thioether (sulfide) groups is 1. The standard InChI is InChI=1S/C14H17N3S/c1-10-9-17(12-5-6-12)14(15-10)16-11-3-7-13(18-2)8-4-11/h3-4,7-9,12H,5-6H2,1-2H3,(H,15,16). The third-order valence-corrected chi connectivity index (χ3v) is 3.88. The molecule has 1 aromatic heterocycles.